The van der Waals surface area contributed by atoms with Crippen molar-refractivity contribution >= 4 is 5.82 Å². The quantitative estimate of drug-likeness (QED) is 0.750. The SMILES string of the molecule is Cn1ncc(-c2c(F)c(O)cc(F)c2F)c1N. The number of aromatic nitrogens is 2. The van der Waals surface area contributed by atoms with Crippen molar-refractivity contribution in [2.45, 2.75) is 0 Å². The minimum absolute atomic E-state index is 0.0344. The molecule has 0 aliphatic heterocycles. The number of phenolic OH excluding ortho intramolecular Hbond substituents is 1. The van der Waals surface area contributed by atoms with Crippen LogP contribution in [0.25, 0.3) is 11.1 Å². The zero-order chi connectivity index (χ0) is 12.7. The number of hydrogen-bond acceptors (Lipinski definition) is 3. The number of hydrogen-bond donors (Lipinski definition) is 2. The van der Waals surface area contributed by atoms with Crippen molar-refractivity contribution in [3.63, 3.8) is 0 Å². The molecule has 17 heavy (non-hydrogen) atoms. The zero-order valence-electron chi connectivity index (χ0n) is 8.71. The molecule has 90 valence electrons. The fourth-order valence-corrected chi connectivity index (χ4v) is 1.47. The normalized spacial score (nSPS) is 10.8. The van der Waals surface area contributed by atoms with Crippen molar-refractivity contribution < 1.29 is 18.3 Å². The molecule has 0 saturated heterocycles. The Morgan fingerprint density at radius 3 is 2.47 bits per heavy atom. The van der Waals surface area contributed by atoms with Crippen LogP contribution in [0, 0.1) is 17.5 Å². The summed E-state index contributed by atoms with van der Waals surface area (Å²) in [5, 5.41) is 12.8. The molecule has 4 nitrogen and oxygen atoms in total. The Balaban J connectivity index is 2.79. The summed E-state index contributed by atoms with van der Waals surface area (Å²) < 4.78 is 41.3. The van der Waals surface area contributed by atoms with E-state index in [-0.39, 0.29) is 11.4 Å². The molecule has 0 saturated carbocycles. The van der Waals surface area contributed by atoms with E-state index in [0.717, 1.165) is 6.20 Å². The lowest BCUT2D eigenvalue weighted by molar-refractivity contribution is 0.415. The van der Waals surface area contributed by atoms with E-state index >= 15 is 0 Å². The predicted molar refractivity (Wildman–Crippen MR) is 54.6 cm³/mol. The molecule has 0 spiro atoms. The molecule has 0 aliphatic rings. The monoisotopic (exact) mass is 243 g/mol. The van der Waals surface area contributed by atoms with Crippen LogP contribution in [-0.4, -0.2) is 14.9 Å². The molecule has 0 atom stereocenters. The molecule has 0 unspecified atom stereocenters. The number of phenols is 1. The number of anilines is 1. The van der Waals surface area contributed by atoms with E-state index in [1.165, 1.54) is 11.7 Å². The molecule has 7 heteroatoms. The summed E-state index contributed by atoms with van der Waals surface area (Å²) in [6.45, 7) is 0. The van der Waals surface area contributed by atoms with Crippen LogP contribution in [0.4, 0.5) is 19.0 Å². The highest BCUT2D eigenvalue weighted by Crippen LogP contribution is 2.35. The lowest BCUT2D eigenvalue weighted by Crippen LogP contribution is -2.00. The molecule has 0 amide bonds. The molecule has 1 heterocycles. The van der Waals surface area contributed by atoms with Gasteiger partial charge in [-0.15, -0.1) is 0 Å². The van der Waals surface area contributed by atoms with Gasteiger partial charge in [0, 0.05) is 18.7 Å². The lowest BCUT2D eigenvalue weighted by atomic mass is 10.1. The van der Waals surface area contributed by atoms with Gasteiger partial charge in [-0.3, -0.25) is 4.68 Å². The highest BCUT2D eigenvalue weighted by Gasteiger charge is 2.23. The number of rotatable bonds is 1. The number of nitrogens with two attached hydrogens (primary N) is 1. The van der Waals surface area contributed by atoms with Crippen LogP contribution in [0.3, 0.4) is 0 Å². The average Bonchev–Trinajstić information content (AvgIpc) is 2.59. The van der Waals surface area contributed by atoms with Crippen LogP contribution in [0.5, 0.6) is 5.75 Å². The van der Waals surface area contributed by atoms with E-state index in [4.69, 9.17) is 10.8 Å². The van der Waals surface area contributed by atoms with E-state index in [1.807, 2.05) is 0 Å². The first kappa shape index (κ1) is 11.3. The van der Waals surface area contributed by atoms with Gasteiger partial charge in [-0.2, -0.15) is 5.10 Å². The molecule has 1 aromatic heterocycles. The summed E-state index contributed by atoms with van der Waals surface area (Å²) in [6, 6.07) is 0.362. The number of nitrogen functional groups attached to an aromatic ring is 1. The predicted octanol–water partition coefficient (Wildman–Crippen LogP) is 1.79. The molecule has 1 aromatic carbocycles. The third-order valence-electron chi connectivity index (χ3n) is 2.39. The van der Waals surface area contributed by atoms with Crippen LogP contribution in [0.2, 0.25) is 0 Å². The molecule has 3 N–H and O–H groups in total. The summed E-state index contributed by atoms with van der Waals surface area (Å²) in [5.74, 6) is -5.07. The maximum atomic E-state index is 13.6. The second kappa shape index (κ2) is 3.69. The summed E-state index contributed by atoms with van der Waals surface area (Å²) in [6.07, 6.45) is 1.09. The zero-order valence-corrected chi connectivity index (χ0v) is 8.71. The van der Waals surface area contributed by atoms with Gasteiger partial charge in [-0.05, 0) is 0 Å². The Morgan fingerprint density at radius 2 is 1.94 bits per heavy atom. The van der Waals surface area contributed by atoms with Gasteiger partial charge < -0.3 is 10.8 Å². The van der Waals surface area contributed by atoms with E-state index in [2.05, 4.69) is 5.10 Å². The van der Waals surface area contributed by atoms with Crippen LogP contribution < -0.4 is 5.73 Å². The average molecular weight is 243 g/mol. The van der Waals surface area contributed by atoms with Gasteiger partial charge in [0.2, 0.25) is 0 Å². The van der Waals surface area contributed by atoms with Crippen LogP contribution in [-0.2, 0) is 7.05 Å². The molecule has 2 rings (SSSR count). The molecule has 2 aromatic rings. The first-order valence-corrected chi connectivity index (χ1v) is 4.57. The van der Waals surface area contributed by atoms with Crippen molar-refractivity contribution in [1.29, 1.82) is 0 Å². The third kappa shape index (κ3) is 1.59. The fraction of sp³-hybridized carbons (Fsp3) is 0.100. The van der Waals surface area contributed by atoms with Crippen molar-refractivity contribution in [3.05, 3.63) is 29.7 Å². The summed E-state index contributed by atoms with van der Waals surface area (Å²) in [7, 11) is 1.47. The molecular weight excluding hydrogens is 235 g/mol. The van der Waals surface area contributed by atoms with E-state index < -0.39 is 28.8 Å². The summed E-state index contributed by atoms with van der Waals surface area (Å²) in [4.78, 5) is 0. The third-order valence-corrected chi connectivity index (χ3v) is 2.39. The fourth-order valence-electron chi connectivity index (χ4n) is 1.47. The van der Waals surface area contributed by atoms with Crippen LogP contribution >= 0.6 is 0 Å². The van der Waals surface area contributed by atoms with Crippen molar-refractivity contribution in [1.82, 2.24) is 9.78 Å². The van der Waals surface area contributed by atoms with Gasteiger partial charge in [0.25, 0.3) is 0 Å². The molecule has 0 fully saturated rings. The first-order chi connectivity index (χ1) is 7.93. The standard InChI is InChI=1S/C10H8F3N3O/c1-16-10(14)4(3-15-16)7-8(12)5(11)2-6(17)9(7)13/h2-3,17H,14H2,1H3. The number of aromatic hydroxyl groups is 1. The van der Waals surface area contributed by atoms with Gasteiger partial charge in [0.1, 0.15) is 5.82 Å². The summed E-state index contributed by atoms with van der Waals surface area (Å²) >= 11 is 0. The lowest BCUT2D eigenvalue weighted by Gasteiger charge is -2.06. The van der Waals surface area contributed by atoms with E-state index in [9.17, 15) is 13.2 Å². The van der Waals surface area contributed by atoms with Gasteiger partial charge in [0.05, 0.1) is 11.8 Å². The smallest absolute Gasteiger partial charge is 0.175 e. The van der Waals surface area contributed by atoms with Gasteiger partial charge >= 0.3 is 0 Å². The van der Waals surface area contributed by atoms with Crippen molar-refractivity contribution in [2.24, 2.45) is 7.05 Å². The topological polar surface area (TPSA) is 64.1 Å². The number of aryl methyl sites for hydroxylation is 1. The maximum Gasteiger partial charge on any atom is 0.175 e. The number of halogens is 3. The van der Waals surface area contributed by atoms with Crippen molar-refractivity contribution in [3.8, 4) is 16.9 Å². The van der Waals surface area contributed by atoms with Crippen LogP contribution in [0.15, 0.2) is 12.3 Å². The van der Waals surface area contributed by atoms with Crippen LogP contribution in [0.1, 0.15) is 0 Å². The Bertz CT molecular complexity index is 569. The Labute approximate surface area is 94.1 Å². The maximum absolute atomic E-state index is 13.6. The van der Waals surface area contributed by atoms with Crippen molar-refractivity contribution in [2.75, 3.05) is 5.73 Å². The minimum atomic E-state index is -1.42. The summed E-state index contributed by atoms with van der Waals surface area (Å²) in [5.41, 5.74) is 4.69. The van der Waals surface area contributed by atoms with Gasteiger partial charge in [-0.25, -0.2) is 13.2 Å². The Morgan fingerprint density at radius 1 is 1.29 bits per heavy atom. The molecule has 0 radical (unpaired) electrons. The minimum Gasteiger partial charge on any atom is -0.505 e. The highest BCUT2D eigenvalue weighted by molar-refractivity contribution is 5.75. The number of nitrogens with zero attached hydrogens (tertiary/aromatic N) is 2. The molecule has 0 bridgehead atoms. The largest absolute Gasteiger partial charge is 0.505 e. The number of benzene rings is 1. The second-order valence-electron chi connectivity index (χ2n) is 3.45. The Hall–Kier alpha value is -2.18. The molecule has 0 aliphatic carbocycles. The second-order valence-corrected chi connectivity index (χ2v) is 3.45. The Kier molecular flexibility index (Phi) is 2.45. The van der Waals surface area contributed by atoms with Gasteiger partial charge in [0.15, 0.2) is 23.2 Å². The van der Waals surface area contributed by atoms with Gasteiger partial charge in [-0.1, -0.05) is 0 Å². The van der Waals surface area contributed by atoms with E-state index in [0.29, 0.717) is 6.07 Å². The molecular formula is C10H8F3N3O. The highest BCUT2D eigenvalue weighted by atomic mass is 19.2. The van der Waals surface area contributed by atoms with E-state index in [1.54, 1.807) is 0 Å². The first-order valence-electron chi connectivity index (χ1n) is 4.57.